The van der Waals surface area contributed by atoms with Gasteiger partial charge in [-0.15, -0.1) is 0 Å². The molecule has 3 aromatic carbocycles. The molecular formula is C28H28. The van der Waals surface area contributed by atoms with Crippen molar-refractivity contribution < 1.29 is 0 Å². The van der Waals surface area contributed by atoms with Crippen LogP contribution in [0.4, 0.5) is 0 Å². The van der Waals surface area contributed by atoms with E-state index in [2.05, 4.69) is 88.4 Å². The van der Waals surface area contributed by atoms with Crippen molar-refractivity contribution in [2.45, 2.75) is 51.4 Å². The molecule has 28 heavy (non-hydrogen) atoms. The summed E-state index contributed by atoms with van der Waals surface area (Å²) >= 11 is 0. The van der Waals surface area contributed by atoms with E-state index in [0.717, 1.165) is 5.92 Å². The lowest BCUT2D eigenvalue weighted by Crippen LogP contribution is -2.31. The predicted molar refractivity (Wildman–Crippen MR) is 117 cm³/mol. The van der Waals surface area contributed by atoms with Gasteiger partial charge in [-0.05, 0) is 74.6 Å². The van der Waals surface area contributed by atoms with Crippen LogP contribution in [0.5, 0.6) is 0 Å². The molecule has 3 aliphatic rings. The minimum atomic E-state index is 0.00598. The second kappa shape index (κ2) is 5.38. The van der Waals surface area contributed by atoms with Gasteiger partial charge >= 0.3 is 0 Å². The molecule has 3 aromatic rings. The van der Waals surface area contributed by atoms with E-state index in [9.17, 15) is 0 Å². The van der Waals surface area contributed by atoms with Crippen LogP contribution in [0.3, 0.4) is 0 Å². The Morgan fingerprint density at radius 1 is 0.679 bits per heavy atom. The molecular weight excluding hydrogens is 336 g/mol. The van der Waals surface area contributed by atoms with Crippen molar-refractivity contribution >= 4 is 0 Å². The highest BCUT2D eigenvalue weighted by Gasteiger charge is 2.55. The highest BCUT2D eigenvalue weighted by atomic mass is 14.6. The fraction of sp³-hybridized carbons (Fsp3) is 0.357. The van der Waals surface area contributed by atoms with Crippen molar-refractivity contribution in [2.24, 2.45) is 11.8 Å². The summed E-state index contributed by atoms with van der Waals surface area (Å²) in [5.74, 6) is 2.52. The van der Waals surface area contributed by atoms with E-state index in [-0.39, 0.29) is 5.41 Å². The second-order valence-corrected chi connectivity index (χ2v) is 9.54. The van der Waals surface area contributed by atoms with Gasteiger partial charge in [-0.2, -0.15) is 0 Å². The summed E-state index contributed by atoms with van der Waals surface area (Å²) in [5.41, 5.74) is 12.5. The summed E-state index contributed by atoms with van der Waals surface area (Å²) in [5, 5.41) is 0. The van der Waals surface area contributed by atoms with Crippen molar-refractivity contribution in [3.05, 3.63) is 94.0 Å². The Balaban J connectivity index is 1.76. The SMILES string of the molecule is C[C@@H]1c2ccccc2C2(c3ccccc3-c3c2ccc2c3C[C@H](C)[C@@H]2C)[C@@H]1C. The van der Waals surface area contributed by atoms with Crippen LogP contribution in [0.15, 0.2) is 60.7 Å². The molecule has 0 aromatic heterocycles. The molecule has 0 saturated carbocycles. The smallest absolute Gasteiger partial charge is 0.0497 e. The maximum absolute atomic E-state index is 2.49. The van der Waals surface area contributed by atoms with Crippen molar-refractivity contribution in [1.82, 2.24) is 0 Å². The first kappa shape index (κ1) is 16.6. The van der Waals surface area contributed by atoms with Crippen LogP contribution >= 0.6 is 0 Å². The molecule has 1 unspecified atom stereocenters. The van der Waals surface area contributed by atoms with Gasteiger partial charge in [-0.1, -0.05) is 88.4 Å². The lowest BCUT2D eigenvalue weighted by atomic mass is 9.67. The van der Waals surface area contributed by atoms with E-state index in [4.69, 9.17) is 0 Å². The molecule has 0 nitrogen and oxygen atoms in total. The topological polar surface area (TPSA) is 0 Å². The van der Waals surface area contributed by atoms with Crippen LogP contribution in [0.2, 0.25) is 0 Å². The van der Waals surface area contributed by atoms with E-state index < -0.39 is 0 Å². The molecule has 0 amide bonds. The summed E-state index contributed by atoms with van der Waals surface area (Å²) in [7, 11) is 0. The van der Waals surface area contributed by atoms with Crippen molar-refractivity contribution in [2.75, 3.05) is 0 Å². The standard InChI is InChI=1S/C28H28/c1-16-15-23-20(17(16)2)13-14-26-27(23)22-10-6-8-12-25(22)28(26)19(4)18(3)21-9-5-7-11-24(21)28/h5-14,16-19H,15H2,1-4H3/t16-,17-,18-,19+,28?/m0/s1. The summed E-state index contributed by atoms with van der Waals surface area (Å²) in [6.45, 7) is 9.74. The van der Waals surface area contributed by atoms with Crippen LogP contribution in [-0.2, 0) is 11.8 Å². The average Bonchev–Trinajstić information content (AvgIpc) is 3.27. The molecule has 0 aliphatic heterocycles. The molecule has 140 valence electrons. The van der Waals surface area contributed by atoms with E-state index >= 15 is 0 Å². The fourth-order valence-corrected chi connectivity index (χ4v) is 6.87. The Hall–Kier alpha value is -2.34. The predicted octanol–water partition coefficient (Wildman–Crippen LogP) is 7.05. The molecule has 1 spiro atoms. The quantitative estimate of drug-likeness (QED) is 0.401. The monoisotopic (exact) mass is 364 g/mol. The zero-order valence-corrected chi connectivity index (χ0v) is 17.3. The number of benzene rings is 3. The molecule has 5 atom stereocenters. The lowest BCUT2D eigenvalue weighted by Gasteiger charge is -2.35. The summed E-state index contributed by atoms with van der Waals surface area (Å²) in [6.07, 6.45) is 1.22. The Bertz CT molecular complexity index is 1120. The van der Waals surface area contributed by atoms with Gasteiger partial charge in [0.05, 0.1) is 0 Å². The third-order valence-corrected chi connectivity index (χ3v) is 8.57. The van der Waals surface area contributed by atoms with Gasteiger partial charge in [0.1, 0.15) is 0 Å². The molecule has 6 rings (SSSR count). The molecule has 0 radical (unpaired) electrons. The Morgan fingerprint density at radius 3 is 2.21 bits per heavy atom. The van der Waals surface area contributed by atoms with Crippen LogP contribution < -0.4 is 0 Å². The lowest BCUT2D eigenvalue weighted by molar-refractivity contribution is 0.401. The minimum Gasteiger partial charge on any atom is -0.0620 e. The zero-order chi connectivity index (χ0) is 19.2. The second-order valence-electron chi connectivity index (χ2n) is 9.54. The first-order valence-electron chi connectivity index (χ1n) is 10.9. The Kier molecular flexibility index (Phi) is 3.19. The van der Waals surface area contributed by atoms with Gasteiger partial charge in [0, 0.05) is 5.41 Å². The number of hydrogen-bond donors (Lipinski definition) is 0. The molecule has 0 N–H and O–H groups in total. The average molecular weight is 365 g/mol. The van der Waals surface area contributed by atoms with Crippen LogP contribution in [0.1, 0.15) is 72.9 Å². The van der Waals surface area contributed by atoms with E-state index in [1.165, 1.54) is 17.5 Å². The Morgan fingerprint density at radius 2 is 1.39 bits per heavy atom. The zero-order valence-electron chi connectivity index (χ0n) is 17.3. The first-order valence-corrected chi connectivity index (χ1v) is 10.9. The molecule has 0 fully saturated rings. The largest absolute Gasteiger partial charge is 0.0620 e. The number of hydrogen-bond acceptors (Lipinski definition) is 0. The van der Waals surface area contributed by atoms with Gasteiger partial charge < -0.3 is 0 Å². The molecule has 0 saturated heterocycles. The third-order valence-electron chi connectivity index (χ3n) is 8.57. The normalized spacial score (nSPS) is 31.6. The van der Waals surface area contributed by atoms with Crippen LogP contribution in [0, 0.1) is 11.8 Å². The van der Waals surface area contributed by atoms with Gasteiger partial charge in [-0.25, -0.2) is 0 Å². The van der Waals surface area contributed by atoms with Crippen LogP contribution in [-0.4, -0.2) is 0 Å². The summed E-state index contributed by atoms with van der Waals surface area (Å²) in [6, 6.07) is 23.5. The third kappa shape index (κ3) is 1.70. The van der Waals surface area contributed by atoms with E-state index in [0.29, 0.717) is 17.8 Å². The Labute approximate surface area is 168 Å². The highest BCUT2D eigenvalue weighted by molar-refractivity contribution is 5.88. The van der Waals surface area contributed by atoms with Gasteiger partial charge in [-0.3, -0.25) is 0 Å². The highest BCUT2D eigenvalue weighted by Crippen LogP contribution is 2.65. The maximum Gasteiger partial charge on any atom is 0.0497 e. The minimum absolute atomic E-state index is 0.00598. The van der Waals surface area contributed by atoms with Gasteiger partial charge in [0.25, 0.3) is 0 Å². The van der Waals surface area contributed by atoms with E-state index in [1.807, 2.05) is 0 Å². The van der Waals surface area contributed by atoms with Crippen molar-refractivity contribution in [1.29, 1.82) is 0 Å². The van der Waals surface area contributed by atoms with Crippen molar-refractivity contribution in [3.8, 4) is 11.1 Å². The molecule has 3 aliphatic carbocycles. The molecule has 0 bridgehead atoms. The summed E-state index contributed by atoms with van der Waals surface area (Å²) < 4.78 is 0. The number of fused-ring (bicyclic) bond motifs is 9. The first-order chi connectivity index (χ1) is 13.6. The van der Waals surface area contributed by atoms with Crippen molar-refractivity contribution in [3.63, 3.8) is 0 Å². The number of rotatable bonds is 0. The van der Waals surface area contributed by atoms with Crippen LogP contribution in [0.25, 0.3) is 11.1 Å². The van der Waals surface area contributed by atoms with Gasteiger partial charge in [0.15, 0.2) is 0 Å². The van der Waals surface area contributed by atoms with E-state index in [1.54, 1.807) is 33.4 Å². The summed E-state index contributed by atoms with van der Waals surface area (Å²) in [4.78, 5) is 0. The van der Waals surface area contributed by atoms with Gasteiger partial charge in [0.2, 0.25) is 0 Å². The fourth-order valence-electron chi connectivity index (χ4n) is 6.87. The molecule has 0 heterocycles. The molecule has 0 heteroatoms. The maximum atomic E-state index is 2.49.